The summed E-state index contributed by atoms with van der Waals surface area (Å²) in [4.78, 5) is 20.9. The molecule has 2 N–H and O–H groups in total. The molecule has 0 aromatic heterocycles. The smallest absolute Gasteiger partial charge is 0.307 e. The molecule has 0 fully saturated rings. The van der Waals surface area contributed by atoms with E-state index in [-0.39, 0.29) is 6.42 Å². The van der Waals surface area contributed by atoms with Crippen molar-refractivity contribution in [1.29, 1.82) is 0 Å². The van der Waals surface area contributed by atoms with Gasteiger partial charge >= 0.3 is 11.9 Å². The van der Waals surface area contributed by atoms with Gasteiger partial charge in [-0.3, -0.25) is 9.59 Å². The quantitative estimate of drug-likeness (QED) is 0.486. The summed E-state index contributed by atoms with van der Waals surface area (Å²) in [5.74, 6) is -2.82. The molecule has 1 atom stereocenters. The van der Waals surface area contributed by atoms with Crippen molar-refractivity contribution in [3.63, 3.8) is 0 Å². The van der Waals surface area contributed by atoms with E-state index in [4.69, 9.17) is 10.2 Å². The summed E-state index contributed by atoms with van der Waals surface area (Å²) in [6, 6.07) is 0. The van der Waals surface area contributed by atoms with Crippen LogP contribution >= 0.6 is 0 Å². The van der Waals surface area contributed by atoms with Gasteiger partial charge in [-0.2, -0.15) is 0 Å². The number of hydrogen-bond donors (Lipinski definition) is 2. The lowest BCUT2D eigenvalue weighted by Crippen LogP contribution is -2.17. The number of aliphatic carboxylic acids is 2. The molecule has 0 amide bonds. The number of carbonyl (C=O) groups is 2. The lowest BCUT2D eigenvalue weighted by Gasteiger charge is -2.07. The maximum atomic E-state index is 10.6. The van der Waals surface area contributed by atoms with E-state index in [2.05, 4.69) is 0 Å². The minimum absolute atomic E-state index is 0.287. The molecule has 0 saturated carbocycles. The first kappa shape index (κ1) is 12.7. The number of rotatable bonds is 7. The van der Waals surface area contributed by atoms with Gasteiger partial charge in [-0.1, -0.05) is 12.2 Å². The van der Waals surface area contributed by atoms with Crippen molar-refractivity contribution in [2.75, 3.05) is 0 Å². The Hall–Kier alpha value is -1.32. The van der Waals surface area contributed by atoms with E-state index in [0.717, 1.165) is 6.42 Å². The fourth-order valence-corrected chi connectivity index (χ4v) is 1.17. The van der Waals surface area contributed by atoms with Crippen molar-refractivity contribution in [1.82, 2.24) is 0 Å². The maximum absolute atomic E-state index is 10.6. The molecule has 0 bridgehead atoms. The highest BCUT2D eigenvalue weighted by Gasteiger charge is 2.19. The van der Waals surface area contributed by atoms with Gasteiger partial charge in [0.15, 0.2) is 0 Å². The third-order valence-electron chi connectivity index (χ3n) is 1.93. The van der Waals surface area contributed by atoms with Gasteiger partial charge in [0.2, 0.25) is 0 Å². The summed E-state index contributed by atoms with van der Waals surface area (Å²) in [5, 5.41) is 17.2. The van der Waals surface area contributed by atoms with Gasteiger partial charge in [0.1, 0.15) is 0 Å². The number of allylic oxidation sites excluding steroid dienone is 2. The van der Waals surface area contributed by atoms with E-state index in [1.165, 1.54) is 0 Å². The second-order valence-corrected chi connectivity index (χ2v) is 3.13. The number of carboxylic acids is 2. The topological polar surface area (TPSA) is 74.6 Å². The first-order valence-electron chi connectivity index (χ1n) is 4.63. The Morgan fingerprint density at radius 3 is 2.43 bits per heavy atom. The van der Waals surface area contributed by atoms with E-state index < -0.39 is 17.9 Å². The Balaban J connectivity index is 3.85. The van der Waals surface area contributed by atoms with Crippen molar-refractivity contribution in [3.05, 3.63) is 12.2 Å². The highest BCUT2D eigenvalue weighted by Crippen LogP contribution is 2.13. The molecule has 0 aliphatic rings. The third-order valence-corrected chi connectivity index (χ3v) is 1.93. The molecule has 0 spiro atoms. The average molecular weight is 200 g/mol. The fourth-order valence-electron chi connectivity index (χ4n) is 1.17. The monoisotopic (exact) mass is 200 g/mol. The van der Waals surface area contributed by atoms with Gasteiger partial charge in [-0.05, 0) is 26.2 Å². The predicted molar refractivity (Wildman–Crippen MR) is 52.0 cm³/mol. The van der Waals surface area contributed by atoms with Gasteiger partial charge in [0.25, 0.3) is 0 Å². The Bertz CT molecular complexity index is 220. The number of hydrogen-bond acceptors (Lipinski definition) is 2. The SMILES string of the molecule is C/C=C/CCCC(CC(=O)O)C(=O)O. The zero-order valence-corrected chi connectivity index (χ0v) is 8.27. The first-order valence-corrected chi connectivity index (χ1v) is 4.63. The zero-order valence-electron chi connectivity index (χ0n) is 8.27. The summed E-state index contributed by atoms with van der Waals surface area (Å²) >= 11 is 0. The molecule has 4 nitrogen and oxygen atoms in total. The summed E-state index contributed by atoms with van der Waals surface area (Å²) in [7, 11) is 0. The van der Waals surface area contributed by atoms with E-state index in [0.29, 0.717) is 12.8 Å². The van der Waals surface area contributed by atoms with Crippen LogP contribution in [0.25, 0.3) is 0 Å². The van der Waals surface area contributed by atoms with Crippen LogP contribution in [-0.2, 0) is 9.59 Å². The highest BCUT2D eigenvalue weighted by atomic mass is 16.4. The second-order valence-electron chi connectivity index (χ2n) is 3.13. The molecule has 0 aromatic rings. The zero-order chi connectivity index (χ0) is 11.0. The molecular weight excluding hydrogens is 184 g/mol. The highest BCUT2D eigenvalue weighted by molar-refractivity contribution is 5.77. The summed E-state index contributed by atoms with van der Waals surface area (Å²) in [6.07, 6.45) is 5.50. The van der Waals surface area contributed by atoms with E-state index >= 15 is 0 Å². The minimum atomic E-state index is -1.05. The molecule has 4 heteroatoms. The summed E-state index contributed by atoms with van der Waals surface area (Å²) < 4.78 is 0. The van der Waals surface area contributed by atoms with Gasteiger partial charge in [-0.25, -0.2) is 0 Å². The molecule has 0 radical (unpaired) electrons. The summed E-state index contributed by atoms with van der Waals surface area (Å²) in [5.41, 5.74) is 0. The maximum Gasteiger partial charge on any atom is 0.307 e. The van der Waals surface area contributed by atoms with Crippen LogP contribution in [-0.4, -0.2) is 22.2 Å². The number of unbranched alkanes of at least 4 members (excludes halogenated alkanes) is 1. The van der Waals surface area contributed by atoms with E-state index in [1.807, 2.05) is 19.1 Å². The van der Waals surface area contributed by atoms with E-state index in [1.54, 1.807) is 0 Å². The van der Waals surface area contributed by atoms with E-state index in [9.17, 15) is 9.59 Å². The molecule has 0 aliphatic heterocycles. The molecule has 0 aliphatic carbocycles. The fraction of sp³-hybridized carbons (Fsp3) is 0.600. The molecule has 0 heterocycles. The molecule has 80 valence electrons. The number of carboxylic acid groups (broad SMARTS) is 2. The van der Waals surface area contributed by atoms with Crippen LogP contribution < -0.4 is 0 Å². The Morgan fingerprint density at radius 1 is 1.36 bits per heavy atom. The second kappa shape index (κ2) is 7.12. The minimum Gasteiger partial charge on any atom is -0.481 e. The van der Waals surface area contributed by atoms with Crippen LogP contribution in [0.1, 0.15) is 32.6 Å². The van der Waals surface area contributed by atoms with Crippen LogP contribution in [0, 0.1) is 5.92 Å². The van der Waals surface area contributed by atoms with Crippen molar-refractivity contribution in [2.24, 2.45) is 5.92 Å². The predicted octanol–water partition coefficient (Wildman–Crippen LogP) is 1.91. The largest absolute Gasteiger partial charge is 0.481 e. The van der Waals surface area contributed by atoms with Crippen LogP contribution in [0.5, 0.6) is 0 Å². The normalized spacial score (nSPS) is 12.9. The van der Waals surface area contributed by atoms with Crippen molar-refractivity contribution in [2.45, 2.75) is 32.6 Å². The van der Waals surface area contributed by atoms with Gasteiger partial charge in [0.05, 0.1) is 12.3 Å². The molecule has 0 aromatic carbocycles. The average Bonchev–Trinajstić information content (AvgIpc) is 2.09. The van der Waals surface area contributed by atoms with Crippen molar-refractivity contribution in [3.8, 4) is 0 Å². The van der Waals surface area contributed by atoms with Crippen molar-refractivity contribution < 1.29 is 19.8 Å². The molecular formula is C10H16O4. The lowest BCUT2D eigenvalue weighted by atomic mass is 9.98. The summed E-state index contributed by atoms with van der Waals surface area (Å²) in [6.45, 7) is 1.89. The van der Waals surface area contributed by atoms with Gasteiger partial charge in [0, 0.05) is 0 Å². The van der Waals surface area contributed by atoms with Crippen LogP contribution in [0.4, 0.5) is 0 Å². The Morgan fingerprint density at radius 2 is 2.00 bits per heavy atom. The standard InChI is InChI=1S/C10H16O4/c1-2-3-4-5-6-8(10(13)14)7-9(11)12/h2-3,8H,4-7H2,1H3,(H,11,12)(H,13,14)/b3-2+. The molecule has 0 rings (SSSR count). The van der Waals surface area contributed by atoms with Gasteiger partial charge < -0.3 is 10.2 Å². The first-order chi connectivity index (χ1) is 6.57. The van der Waals surface area contributed by atoms with Crippen LogP contribution in [0.15, 0.2) is 12.2 Å². The molecule has 14 heavy (non-hydrogen) atoms. The van der Waals surface area contributed by atoms with Crippen molar-refractivity contribution >= 4 is 11.9 Å². The van der Waals surface area contributed by atoms with Gasteiger partial charge in [-0.15, -0.1) is 0 Å². The van der Waals surface area contributed by atoms with Crippen LogP contribution in [0.3, 0.4) is 0 Å². The molecule has 1 unspecified atom stereocenters. The molecule has 0 saturated heterocycles. The Labute approximate surface area is 83.2 Å². The lowest BCUT2D eigenvalue weighted by molar-refractivity contribution is -0.148. The Kier molecular flexibility index (Phi) is 6.45. The van der Waals surface area contributed by atoms with Crippen LogP contribution in [0.2, 0.25) is 0 Å². The third kappa shape index (κ3) is 6.22.